The fourth-order valence-corrected chi connectivity index (χ4v) is 7.01. The first-order valence-electron chi connectivity index (χ1n) is 8.92. The van der Waals surface area contributed by atoms with Gasteiger partial charge in [-0.15, -0.1) is 0 Å². The van der Waals surface area contributed by atoms with E-state index in [0.717, 1.165) is 17.8 Å². The number of thiol groups is 1. The highest BCUT2D eigenvalue weighted by atomic mass is 32.1. The largest absolute Gasteiger partial charge is 0.172 e. The second kappa shape index (κ2) is 4.54. The molecule has 6 atom stereocenters. The van der Waals surface area contributed by atoms with E-state index in [0.29, 0.717) is 16.1 Å². The van der Waals surface area contributed by atoms with Crippen LogP contribution in [0.4, 0.5) is 0 Å². The zero-order chi connectivity index (χ0) is 14.0. The average Bonchev–Trinajstić information content (AvgIpc) is 2.81. The summed E-state index contributed by atoms with van der Waals surface area (Å²) in [6.45, 7) is 5.21. The second-order valence-electron chi connectivity index (χ2n) is 8.72. The van der Waals surface area contributed by atoms with E-state index in [1.807, 2.05) is 0 Å². The molecular formula is C19H30S. The molecule has 112 valence electrons. The van der Waals surface area contributed by atoms with Crippen molar-refractivity contribution >= 4 is 12.6 Å². The van der Waals surface area contributed by atoms with Crippen LogP contribution in [0.25, 0.3) is 0 Å². The van der Waals surface area contributed by atoms with Gasteiger partial charge in [-0.2, -0.15) is 12.6 Å². The van der Waals surface area contributed by atoms with Crippen molar-refractivity contribution in [2.24, 2.45) is 28.6 Å². The first-order valence-corrected chi connectivity index (χ1v) is 9.44. The number of hydrogen-bond acceptors (Lipinski definition) is 1. The van der Waals surface area contributed by atoms with Crippen LogP contribution in [0.1, 0.15) is 71.6 Å². The lowest BCUT2D eigenvalue weighted by Gasteiger charge is -2.57. The van der Waals surface area contributed by atoms with Crippen molar-refractivity contribution in [2.45, 2.75) is 76.9 Å². The van der Waals surface area contributed by atoms with E-state index >= 15 is 0 Å². The summed E-state index contributed by atoms with van der Waals surface area (Å²) in [6.07, 6.45) is 15.6. The van der Waals surface area contributed by atoms with Crippen LogP contribution in [0.15, 0.2) is 11.6 Å². The minimum Gasteiger partial charge on any atom is -0.172 e. The Balaban J connectivity index is 1.68. The fourth-order valence-electron chi connectivity index (χ4n) is 6.70. The first kappa shape index (κ1) is 13.7. The van der Waals surface area contributed by atoms with E-state index in [4.69, 9.17) is 12.6 Å². The van der Waals surface area contributed by atoms with Crippen molar-refractivity contribution in [2.75, 3.05) is 0 Å². The molecular weight excluding hydrogens is 260 g/mol. The molecule has 3 saturated carbocycles. The average molecular weight is 291 g/mol. The van der Waals surface area contributed by atoms with Crippen molar-refractivity contribution in [3.63, 3.8) is 0 Å². The van der Waals surface area contributed by atoms with Gasteiger partial charge in [0.15, 0.2) is 0 Å². The summed E-state index contributed by atoms with van der Waals surface area (Å²) in [5.74, 6) is 3.07. The van der Waals surface area contributed by atoms with Gasteiger partial charge in [0.25, 0.3) is 0 Å². The molecule has 0 aromatic carbocycles. The standard InChI is InChI=1S/C19H30S/c1-18-9-3-4-16(18)15-6-5-13-12-14(20)7-11-19(13,2)17(15)8-10-18/h12,14-17,20H,3-11H2,1-2H3/t14-,15-,16?,17?,18-,19-/m0/s1. The van der Waals surface area contributed by atoms with E-state index in [9.17, 15) is 0 Å². The lowest BCUT2D eigenvalue weighted by atomic mass is 9.47. The Morgan fingerprint density at radius 1 is 1.00 bits per heavy atom. The smallest absolute Gasteiger partial charge is 0.0199 e. The summed E-state index contributed by atoms with van der Waals surface area (Å²) in [6, 6.07) is 0. The Kier molecular flexibility index (Phi) is 3.12. The zero-order valence-corrected chi connectivity index (χ0v) is 14.1. The Labute approximate surface area is 130 Å². The van der Waals surface area contributed by atoms with Gasteiger partial charge in [0.05, 0.1) is 0 Å². The maximum atomic E-state index is 4.73. The van der Waals surface area contributed by atoms with Crippen molar-refractivity contribution in [1.82, 2.24) is 0 Å². The van der Waals surface area contributed by atoms with Gasteiger partial charge in [-0.25, -0.2) is 0 Å². The third kappa shape index (κ3) is 1.81. The highest BCUT2D eigenvalue weighted by Crippen LogP contribution is 2.65. The molecule has 0 aliphatic heterocycles. The number of hydrogen-bond donors (Lipinski definition) is 1. The van der Waals surface area contributed by atoms with Crippen LogP contribution in [-0.2, 0) is 0 Å². The van der Waals surface area contributed by atoms with Crippen molar-refractivity contribution < 1.29 is 0 Å². The summed E-state index contributed by atoms with van der Waals surface area (Å²) < 4.78 is 0. The molecule has 0 spiro atoms. The normalized spacial score (nSPS) is 54.6. The van der Waals surface area contributed by atoms with Crippen LogP contribution >= 0.6 is 12.6 Å². The van der Waals surface area contributed by atoms with E-state index in [-0.39, 0.29) is 0 Å². The summed E-state index contributed by atoms with van der Waals surface area (Å²) in [5, 5.41) is 0.537. The van der Waals surface area contributed by atoms with Crippen LogP contribution < -0.4 is 0 Å². The monoisotopic (exact) mass is 290 g/mol. The second-order valence-corrected chi connectivity index (χ2v) is 9.38. The molecule has 3 fully saturated rings. The molecule has 0 heterocycles. The van der Waals surface area contributed by atoms with Gasteiger partial charge in [0.1, 0.15) is 0 Å². The van der Waals surface area contributed by atoms with E-state index in [1.54, 1.807) is 5.57 Å². The summed E-state index contributed by atoms with van der Waals surface area (Å²) in [5.41, 5.74) is 3.03. The maximum absolute atomic E-state index is 4.73. The van der Waals surface area contributed by atoms with Crippen molar-refractivity contribution in [3.05, 3.63) is 11.6 Å². The number of rotatable bonds is 0. The van der Waals surface area contributed by atoms with Crippen LogP contribution in [0.2, 0.25) is 0 Å². The molecule has 0 bridgehead atoms. The Bertz CT molecular complexity index is 439. The Hall–Kier alpha value is 0.0900. The fraction of sp³-hybridized carbons (Fsp3) is 0.895. The highest BCUT2D eigenvalue weighted by Gasteiger charge is 2.55. The molecule has 4 rings (SSSR count). The van der Waals surface area contributed by atoms with E-state index in [1.165, 1.54) is 57.8 Å². The molecule has 0 nitrogen and oxygen atoms in total. The lowest BCUT2D eigenvalue weighted by molar-refractivity contribution is -0.0358. The molecule has 0 saturated heterocycles. The molecule has 0 amide bonds. The van der Waals surface area contributed by atoms with E-state index in [2.05, 4.69) is 19.9 Å². The predicted octanol–water partition coefficient (Wildman–Crippen LogP) is 5.64. The topological polar surface area (TPSA) is 0 Å². The van der Waals surface area contributed by atoms with Gasteiger partial charge >= 0.3 is 0 Å². The minimum atomic E-state index is 0.534. The van der Waals surface area contributed by atoms with Gasteiger partial charge < -0.3 is 0 Å². The molecule has 2 unspecified atom stereocenters. The van der Waals surface area contributed by atoms with Crippen molar-refractivity contribution in [1.29, 1.82) is 0 Å². The molecule has 20 heavy (non-hydrogen) atoms. The third-order valence-electron chi connectivity index (χ3n) is 7.87. The molecule has 0 aromatic rings. The maximum Gasteiger partial charge on any atom is 0.0199 e. The Morgan fingerprint density at radius 2 is 1.85 bits per heavy atom. The number of fused-ring (bicyclic) bond motifs is 5. The quantitative estimate of drug-likeness (QED) is 0.433. The summed E-state index contributed by atoms with van der Waals surface area (Å²) >= 11 is 4.73. The first-order chi connectivity index (χ1) is 9.53. The van der Waals surface area contributed by atoms with Gasteiger partial charge in [0, 0.05) is 5.25 Å². The summed E-state index contributed by atoms with van der Waals surface area (Å²) in [7, 11) is 0. The van der Waals surface area contributed by atoms with Crippen molar-refractivity contribution in [3.8, 4) is 0 Å². The Morgan fingerprint density at radius 3 is 2.70 bits per heavy atom. The molecule has 1 heteroatoms. The van der Waals surface area contributed by atoms with Gasteiger partial charge in [-0.1, -0.05) is 31.9 Å². The molecule has 4 aliphatic rings. The predicted molar refractivity (Wildman–Crippen MR) is 89.1 cm³/mol. The lowest BCUT2D eigenvalue weighted by Crippen LogP contribution is -2.49. The SMILES string of the molecule is C[C@@]12CCCC1[C@@H]1CCC3=C[C@@H](S)CC[C@]3(C)C1CC2. The summed E-state index contributed by atoms with van der Waals surface area (Å²) in [4.78, 5) is 0. The molecule has 0 radical (unpaired) electrons. The van der Waals surface area contributed by atoms with Crippen LogP contribution in [0.3, 0.4) is 0 Å². The van der Waals surface area contributed by atoms with Gasteiger partial charge in [-0.3, -0.25) is 0 Å². The van der Waals surface area contributed by atoms with Crippen LogP contribution in [-0.4, -0.2) is 5.25 Å². The third-order valence-corrected chi connectivity index (χ3v) is 8.28. The van der Waals surface area contributed by atoms with Gasteiger partial charge in [0.2, 0.25) is 0 Å². The molecule has 0 aromatic heterocycles. The minimum absolute atomic E-state index is 0.534. The highest BCUT2D eigenvalue weighted by molar-refractivity contribution is 7.81. The van der Waals surface area contributed by atoms with Crippen LogP contribution in [0.5, 0.6) is 0 Å². The zero-order valence-electron chi connectivity index (χ0n) is 13.2. The molecule has 0 N–H and O–H groups in total. The van der Waals surface area contributed by atoms with Crippen LogP contribution in [0, 0.1) is 28.6 Å². The molecule has 4 aliphatic carbocycles. The van der Waals surface area contributed by atoms with Gasteiger partial charge in [-0.05, 0) is 80.0 Å². The van der Waals surface area contributed by atoms with E-state index < -0.39 is 0 Å². The number of allylic oxidation sites excluding steroid dienone is 1.